The molecule has 0 fully saturated rings. The quantitative estimate of drug-likeness (QED) is 0.452. The van der Waals surface area contributed by atoms with Gasteiger partial charge in [-0.1, -0.05) is 6.08 Å². The van der Waals surface area contributed by atoms with Crippen molar-refractivity contribution < 1.29 is 13.9 Å². The first kappa shape index (κ1) is 9.10. The molecule has 2 N–H and O–H groups in total. The van der Waals surface area contributed by atoms with Crippen molar-refractivity contribution in [2.75, 3.05) is 13.8 Å². The molecule has 0 aliphatic rings. The SMILES string of the molecule is COC(=O)/C=C/[C@H](N)CF. The molecule has 0 aromatic rings. The second-order valence-electron chi connectivity index (χ2n) is 1.70. The number of methoxy groups -OCH3 is 1. The molecule has 0 aliphatic carbocycles. The first-order valence-electron chi connectivity index (χ1n) is 2.78. The van der Waals surface area contributed by atoms with Gasteiger partial charge < -0.3 is 10.5 Å². The number of ether oxygens (including phenoxy) is 1. The van der Waals surface area contributed by atoms with Crippen molar-refractivity contribution in [1.29, 1.82) is 0 Å². The van der Waals surface area contributed by atoms with Gasteiger partial charge in [-0.25, -0.2) is 9.18 Å². The number of hydrogen-bond donors (Lipinski definition) is 1. The van der Waals surface area contributed by atoms with Crippen LogP contribution in [-0.2, 0) is 9.53 Å². The lowest BCUT2D eigenvalue weighted by Crippen LogP contribution is -2.19. The van der Waals surface area contributed by atoms with Crippen LogP contribution in [-0.4, -0.2) is 25.8 Å². The van der Waals surface area contributed by atoms with E-state index >= 15 is 0 Å². The second kappa shape index (κ2) is 4.93. The van der Waals surface area contributed by atoms with Crippen molar-refractivity contribution >= 4 is 5.97 Å². The molecule has 58 valence electrons. The predicted molar refractivity (Wildman–Crippen MR) is 35.1 cm³/mol. The minimum atomic E-state index is -0.709. The van der Waals surface area contributed by atoms with E-state index in [1.807, 2.05) is 0 Å². The van der Waals surface area contributed by atoms with Gasteiger partial charge in [0, 0.05) is 6.08 Å². The van der Waals surface area contributed by atoms with Crippen LogP contribution >= 0.6 is 0 Å². The Bertz CT molecular complexity index is 136. The number of alkyl halides is 1. The Hall–Kier alpha value is -0.900. The van der Waals surface area contributed by atoms with E-state index in [0.717, 1.165) is 6.08 Å². The summed E-state index contributed by atoms with van der Waals surface area (Å²) in [5.41, 5.74) is 5.11. The molecule has 0 aromatic carbocycles. The van der Waals surface area contributed by atoms with Crippen molar-refractivity contribution in [1.82, 2.24) is 0 Å². The monoisotopic (exact) mass is 147 g/mol. The topological polar surface area (TPSA) is 52.3 Å². The van der Waals surface area contributed by atoms with Crippen LogP contribution in [0.25, 0.3) is 0 Å². The summed E-state index contributed by atoms with van der Waals surface area (Å²) in [7, 11) is 1.24. The number of carbonyl (C=O) groups is 1. The van der Waals surface area contributed by atoms with Gasteiger partial charge in [0.05, 0.1) is 13.2 Å². The van der Waals surface area contributed by atoms with Gasteiger partial charge >= 0.3 is 5.97 Å². The lowest BCUT2D eigenvalue weighted by Gasteiger charge is -1.96. The van der Waals surface area contributed by atoms with Gasteiger partial charge in [0.2, 0.25) is 0 Å². The Morgan fingerprint density at radius 2 is 2.50 bits per heavy atom. The molecule has 0 heterocycles. The smallest absolute Gasteiger partial charge is 0.330 e. The van der Waals surface area contributed by atoms with E-state index in [4.69, 9.17) is 5.73 Å². The third-order valence-corrected chi connectivity index (χ3v) is 0.859. The molecule has 0 rings (SSSR count). The van der Waals surface area contributed by atoms with Crippen LogP contribution in [0.5, 0.6) is 0 Å². The van der Waals surface area contributed by atoms with Gasteiger partial charge in [-0.15, -0.1) is 0 Å². The van der Waals surface area contributed by atoms with Crippen molar-refractivity contribution in [3.63, 3.8) is 0 Å². The molecule has 0 saturated heterocycles. The standard InChI is InChI=1S/C6H10FNO2/c1-10-6(9)3-2-5(8)4-7/h2-3,5H,4,8H2,1H3/b3-2+/t5-/m0/s1. The van der Waals surface area contributed by atoms with Crippen LogP contribution in [0.15, 0.2) is 12.2 Å². The second-order valence-corrected chi connectivity index (χ2v) is 1.70. The van der Waals surface area contributed by atoms with E-state index in [-0.39, 0.29) is 0 Å². The molecule has 0 spiro atoms. The zero-order chi connectivity index (χ0) is 7.98. The summed E-state index contributed by atoms with van der Waals surface area (Å²) in [5, 5.41) is 0. The van der Waals surface area contributed by atoms with Crippen LogP contribution in [0.2, 0.25) is 0 Å². The number of hydrogen-bond acceptors (Lipinski definition) is 3. The lowest BCUT2D eigenvalue weighted by atomic mass is 10.3. The fourth-order valence-electron chi connectivity index (χ4n) is 0.322. The summed E-state index contributed by atoms with van der Waals surface area (Å²) in [5.74, 6) is -0.524. The first-order chi connectivity index (χ1) is 4.70. The van der Waals surface area contributed by atoms with E-state index in [9.17, 15) is 9.18 Å². The highest BCUT2D eigenvalue weighted by Gasteiger charge is 1.96. The number of nitrogens with two attached hydrogens (primary N) is 1. The summed E-state index contributed by atoms with van der Waals surface area (Å²) >= 11 is 0. The van der Waals surface area contributed by atoms with Gasteiger partial charge in [0.1, 0.15) is 6.67 Å². The normalized spacial score (nSPS) is 13.5. The number of halogens is 1. The molecule has 0 unspecified atom stereocenters. The largest absolute Gasteiger partial charge is 0.466 e. The molecule has 0 bridgehead atoms. The summed E-state index contributed by atoms with van der Waals surface area (Å²) in [6.45, 7) is -0.673. The van der Waals surface area contributed by atoms with Crippen molar-refractivity contribution in [2.45, 2.75) is 6.04 Å². The van der Waals surface area contributed by atoms with E-state index in [1.165, 1.54) is 13.2 Å². The molecule has 0 saturated carbocycles. The Balaban J connectivity index is 3.63. The minimum Gasteiger partial charge on any atom is -0.466 e. The van der Waals surface area contributed by atoms with Crippen LogP contribution in [0.3, 0.4) is 0 Å². The highest BCUT2D eigenvalue weighted by atomic mass is 19.1. The molecule has 4 heteroatoms. The highest BCUT2D eigenvalue weighted by molar-refractivity contribution is 5.81. The van der Waals surface area contributed by atoms with E-state index in [0.29, 0.717) is 0 Å². The lowest BCUT2D eigenvalue weighted by molar-refractivity contribution is -0.134. The van der Waals surface area contributed by atoms with Gasteiger partial charge in [-0.05, 0) is 0 Å². The number of esters is 1. The maximum absolute atomic E-state index is 11.6. The Morgan fingerprint density at radius 1 is 1.90 bits per heavy atom. The average Bonchev–Trinajstić information content (AvgIpc) is 1.99. The molecule has 0 radical (unpaired) electrons. The van der Waals surface area contributed by atoms with E-state index in [2.05, 4.69) is 4.74 Å². The zero-order valence-corrected chi connectivity index (χ0v) is 5.71. The van der Waals surface area contributed by atoms with Gasteiger partial charge in [0.15, 0.2) is 0 Å². The molecule has 3 nitrogen and oxygen atoms in total. The van der Waals surface area contributed by atoms with Crippen molar-refractivity contribution in [3.8, 4) is 0 Å². The Labute approximate surface area is 58.7 Å². The maximum Gasteiger partial charge on any atom is 0.330 e. The third-order valence-electron chi connectivity index (χ3n) is 0.859. The Morgan fingerprint density at radius 3 is 2.90 bits per heavy atom. The average molecular weight is 147 g/mol. The van der Waals surface area contributed by atoms with Gasteiger partial charge in [0.25, 0.3) is 0 Å². The Kier molecular flexibility index (Phi) is 4.49. The first-order valence-corrected chi connectivity index (χ1v) is 2.78. The summed E-state index contributed by atoms with van der Waals surface area (Å²) in [6.07, 6.45) is 2.36. The highest BCUT2D eigenvalue weighted by Crippen LogP contribution is 1.84. The fraction of sp³-hybridized carbons (Fsp3) is 0.500. The van der Waals surface area contributed by atoms with Gasteiger partial charge in [-0.3, -0.25) is 0 Å². The predicted octanol–water partition coefficient (Wildman–Crippen LogP) is 0.0124. The minimum absolute atomic E-state index is 0.524. The molecular formula is C6H10FNO2. The molecule has 1 atom stereocenters. The van der Waals surface area contributed by atoms with E-state index in [1.54, 1.807) is 0 Å². The van der Waals surface area contributed by atoms with Crippen LogP contribution in [0.1, 0.15) is 0 Å². The van der Waals surface area contributed by atoms with Crippen molar-refractivity contribution in [2.24, 2.45) is 5.73 Å². The zero-order valence-electron chi connectivity index (χ0n) is 5.71. The molecular weight excluding hydrogens is 137 g/mol. The van der Waals surface area contributed by atoms with Crippen LogP contribution < -0.4 is 5.73 Å². The summed E-state index contributed by atoms with van der Waals surface area (Å²) < 4.78 is 15.9. The molecule has 0 aromatic heterocycles. The van der Waals surface area contributed by atoms with Crippen LogP contribution in [0.4, 0.5) is 4.39 Å². The molecule has 10 heavy (non-hydrogen) atoms. The molecule has 0 amide bonds. The maximum atomic E-state index is 11.6. The van der Waals surface area contributed by atoms with Crippen LogP contribution in [0, 0.1) is 0 Å². The fourth-order valence-corrected chi connectivity index (χ4v) is 0.322. The summed E-state index contributed by atoms with van der Waals surface area (Å²) in [6, 6.07) is -0.709. The summed E-state index contributed by atoms with van der Waals surface area (Å²) in [4.78, 5) is 10.3. The molecule has 0 aliphatic heterocycles. The van der Waals surface area contributed by atoms with E-state index < -0.39 is 18.7 Å². The third kappa shape index (κ3) is 4.03. The van der Waals surface area contributed by atoms with Crippen molar-refractivity contribution in [3.05, 3.63) is 12.2 Å². The number of carbonyl (C=O) groups excluding carboxylic acids is 1. The number of rotatable bonds is 3. The van der Waals surface area contributed by atoms with Gasteiger partial charge in [-0.2, -0.15) is 0 Å².